The third-order valence-corrected chi connectivity index (χ3v) is 6.14. The quantitative estimate of drug-likeness (QED) is 0.652. The number of carbonyl (C=O) groups excluding carboxylic acids is 1. The van der Waals surface area contributed by atoms with Crippen LogP contribution in [0.15, 0.2) is 36.4 Å². The minimum absolute atomic E-state index is 0.0770. The van der Waals surface area contributed by atoms with Gasteiger partial charge in [0, 0.05) is 5.69 Å². The van der Waals surface area contributed by atoms with Crippen LogP contribution >= 0.6 is 0 Å². The summed E-state index contributed by atoms with van der Waals surface area (Å²) in [6.07, 6.45) is 3.48. The van der Waals surface area contributed by atoms with E-state index in [1.54, 1.807) is 19.2 Å². The van der Waals surface area contributed by atoms with Crippen molar-refractivity contribution in [2.24, 2.45) is 0 Å². The number of nitrogens with one attached hydrogen (secondary N) is 3. The fourth-order valence-electron chi connectivity index (χ4n) is 4.55. The zero-order valence-electron chi connectivity index (χ0n) is 17.0. The van der Waals surface area contributed by atoms with Crippen LogP contribution in [-0.2, 0) is 24.2 Å². The summed E-state index contributed by atoms with van der Waals surface area (Å²) in [5.41, 5.74) is 4.61. The van der Waals surface area contributed by atoms with Gasteiger partial charge in [0.2, 0.25) is 0 Å². The van der Waals surface area contributed by atoms with Gasteiger partial charge in [-0.05, 0) is 60.7 Å². The van der Waals surface area contributed by atoms with Crippen LogP contribution in [0.1, 0.15) is 23.1 Å². The molecule has 3 N–H and O–H groups in total. The zero-order valence-corrected chi connectivity index (χ0v) is 17.0. The first-order valence-electron chi connectivity index (χ1n) is 10.5. The molecule has 154 valence electrons. The number of piperazine rings is 1. The Morgan fingerprint density at radius 2 is 1.79 bits per heavy atom. The summed E-state index contributed by atoms with van der Waals surface area (Å²) in [6.45, 7) is 5.03. The molecule has 6 heteroatoms. The second-order valence-corrected chi connectivity index (χ2v) is 8.19. The molecule has 0 aromatic heterocycles. The summed E-state index contributed by atoms with van der Waals surface area (Å²) >= 11 is 0. The monoisotopic (exact) mass is 399 g/mol. The smallest absolute Gasteiger partial charge is 0.279 e. The van der Waals surface area contributed by atoms with Gasteiger partial charge in [-0.3, -0.25) is 4.79 Å². The fraction of sp³-hybridized carbons (Fsp3) is 0.435. The maximum Gasteiger partial charge on any atom is 0.279 e. The Morgan fingerprint density at radius 1 is 1.03 bits per heavy atom. The first-order valence-corrected chi connectivity index (χ1v) is 10.5. The summed E-state index contributed by atoms with van der Waals surface area (Å²) in [5.74, 6) is 0.586. The van der Waals surface area contributed by atoms with Crippen LogP contribution in [-0.4, -0.2) is 45.7 Å². The van der Waals surface area contributed by atoms with Crippen molar-refractivity contribution in [1.29, 1.82) is 0 Å². The molecule has 29 heavy (non-hydrogen) atoms. The molecule has 0 saturated carbocycles. The predicted octanol–water partition coefficient (Wildman–Crippen LogP) is 0.245. The molecular formula is C23H30FN3O2+2. The van der Waals surface area contributed by atoms with Crippen LogP contribution in [0.4, 0.5) is 10.1 Å². The number of amides is 1. The van der Waals surface area contributed by atoms with Crippen LogP contribution in [0.2, 0.25) is 0 Å². The van der Waals surface area contributed by atoms with Crippen molar-refractivity contribution >= 4 is 11.6 Å². The van der Waals surface area contributed by atoms with Gasteiger partial charge in [-0.25, -0.2) is 4.39 Å². The van der Waals surface area contributed by atoms with Crippen LogP contribution in [0.25, 0.3) is 0 Å². The molecule has 0 atom stereocenters. The van der Waals surface area contributed by atoms with Crippen molar-refractivity contribution in [2.45, 2.75) is 25.8 Å². The normalized spacial score (nSPS) is 20.9. The minimum atomic E-state index is -0.229. The van der Waals surface area contributed by atoms with E-state index >= 15 is 0 Å². The fourth-order valence-corrected chi connectivity index (χ4v) is 4.55. The average Bonchev–Trinajstić information content (AvgIpc) is 3.17. The Morgan fingerprint density at radius 3 is 2.59 bits per heavy atom. The van der Waals surface area contributed by atoms with E-state index in [0.29, 0.717) is 6.54 Å². The number of hydrogen-bond donors (Lipinski definition) is 3. The summed E-state index contributed by atoms with van der Waals surface area (Å²) < 4.78 is 18.9. The van der Waals surface area contributed by atoms with E-state index in [9.17, 15) is 9.18 Å². The Bertz CT molecular complexity index is 878. The molecule has 0 unspecified atom stereocenters. The highest BCUT2D eigenvalue weighted by atomic mass is 19.1. The summed E-state index contributed by atoms with van der Waals surface area (Å²) in [7, 11) is 1.62. The molecular weight excluding hydrogens is 369 g/mol. The van der Waals surface area contributed by atoms with Crippen molar-refractivity contribution in [2.75, 3.05) is 45.2 Å². The van der Waals surface area contributed by atoms with E-state index in [4.69, 9.17) is 4.74 Å². The Hall–Kier alpha value is -2.44. The summed E-state index contributed by atoms with van der Waals surface area (Å²) in [5, 5.41) is 3.07. The Balaban J connectivity index is 1.25. The molecule has 1 saturated heterocycles. The van der Waals surface area contributed by atoms with Crippen molar-refractivity contribution in [3.05, 3.63) is 58.9 Å². The van der Waals surface area contributed by atoms with E-state index in [-0.39, 0.29) is 11.7 Å². The van der Waals surface area contributed by atoms with E-state index in [0.717, 1.165) is 62.6 Å². The second kappa shape index (κ2) is 8.93. The maximum absolute atomic E-state index is 13.6. The molecule has 4 rings (SSSR count). The van der Waals surface area contributed by atoms with Gasteiger partial charge in [0.15, 0.2) is 6.54 Å². The van der Waals surface area contributed by atoms with Gasteiger partial charge in [-0.1, -0.05) is 6.07 Å². The molecule has 2 aromatic carbocycles. The Labute approximate surface area is 171 Å². The van der Waals surface area contributed by atoms with Gasteiger partial charge in [-0.15, -0.1) is 0 Å². The molecule has 0 bridgehead atoms. The van der Waals surface area contributed by atoms with Gasteiger partial charge in [0.1, 0.15) is 44.3 Å². The number of benzene rings is 2. The lowest BCUT2D eigenvalue weighted by Gasteiger charge is -2.29. The molecule has 0 spiro atoms. The number of fused-ring (bicyclic) bond motifs is 1. The lowest BCUT2D eigenvalue weighted by Crippen LogP contribution is -3.28. The topological polar surface area (TPSA) is 47.2 Å². The molecule has 1 fully saturated rings. The maximum atomic E-state index is 13.6. The van der Waals surface area contributed by atoms with E-state index in [1.807, 2.05) is 6.07 Å². The van der Waals surface area contributed by atoms with Gasteiger partial charge in [0.25, 0.3) is 5.91 Å². The van der Waals surface area contributed by atoms with Crippen LogP contribution in [0, 0.1) is 5.82 Å². The SMILES string of the molecule is COc1ccc(F)cc1C[NH+]1CC[NH+](CC(=O)Nc2ccc3c(c2)CCC3)CC1. The van der Waals surface area contributed by atoms with Gasteiger partial charge in [0.05, 0.1) is 12.7 Å². The number of aryl methyl sites for hydroxylation is 2. The largest absolute Gasteiger partial charge is 0.496 e. The van der Waals surface area contributed by atoms with Crippen molar-refractivity contribution < 1.29 is 23.7 Å². The first kappa shape index (κ1) is 19.9. The number of hydrogen-bond acceptors (Lipinski definition) is 2. The first-order chi connectivity index (χ1) is 14.1. The number of rotatable bonds is 6. The minimum Gasteiger partial charge on any atom is -0.496 e. The number of ether oxygens (including phenoxy) is 1. The van der Waals surface area contributed by atoms with E-state index in [1.165, 1.54) is 33.4 Å². The number of anilines is 1. The predicted molar refractivity (Wildman–Crippen MR) is 110 cm³/mol. The molecule has 1 aliphatic heterocycles. The van der Waals surface area contributed by atoms with Gasteiger partial charge >= 0.3 is 0 Å². The number of methoxy groups -OCH3 is 1. The number of quaternary nitrogens is 2. The molecule has 0 radical (unpaired) electrons. The summed E-state index contributed by atoms with van der Waals surface area (Å²) in [6, 6.07) is 11.0. The Kier molecular flexibility index (Phi) is 6.11. The van der Waals surface area contributed by atoms with Gasteiger partial charge < -0.3 is 19.9 Å². The zero-order chi connectivity index (χ0) is 20.2. The van der Waals surface area contributed by atoms with Gasteiger partial charge in [-0.2, -0.15) is 0 Å². The highest BCUT2D eigenvalue weighted by molar-refractivity contribution is 5.91. The third kappa shape index (κ3) is 4.95. The number of carbonyl (C=O) groups is 1. The standard InChI is InChI=1S/C23H28FN3O2/c1-29-22-8-6-20(24)13-19(22)15-26-9-11-27(12-10-26)16-23(28)25-21-7-5-17-3-2-4-18(17)14-21/h5-8,13-14H,2-4,9-12,15-16H2,1H3,(H,25,28)/p+2. The van der Waals surface area contributed by atoms with Crippen LogP contribution < -0.4 is 19.9 Å². The lowest BCUT2D eigenvalue weighted by molar-refractivity contribution is -1.02. The van der Waals surface area contributed by atoms with Crippen LogP contribution in [0.3, 0.4) is 0 Å². The lowest BCUT2D eigenvalue weighted by atomic mass is 10.1. The summed E-state index contributed by atoms with van der Waals surface area (Å²) in [4.78, 5) is 15.2. The van der Waals surface area contributed by atoms with E-state index < -0.39 is 0 Å². The molecule has 5 nitrogen and oxygen atoms in total. The molecule has 2 aliphatic rings. The van der Waals surface area contributed by atoms with Crippen molar-refractivity contribution in [3.8, 4) is 5.75 Å². The highest BCUT2D eigenvalue weighted by Crippen LogP contribution is 2.24. The molecule has 1 heterocycles. The van der Waals surface area contributed by atoms with Crippen LogP contribution in [0.5, 0.6) is 5.75 Å². The molecule has 2 aromatic rings. The molecule has 1 aliphatic carbocycles. The second-order valence-electron chi connectivity index (χ2n) is 8.19. The molecule has 1 amide bonds. The highest BCUT2D eigenvalue weighted by Gasteiger charge is 2.26. The third-order valence-electron chi connectivity index (χ3n) is 6.14. The number of halogens is 1. The average molecular weight is 400 g/mol. The van der Waals surface area contributed by atoms with Crippen molar-refractivity contribution in [3.63, 3.8) is 0 Å². The van der Waals surface area contributed by atoms with Crippen molar-refractivity contribution in [1.82, 2.24) is 0 Å². The van der Waals surface area contributed by atoms with E-state index in [2.05, 4.69) is 17.4 Å².